The first-order valence-electron chi connectivity index (χ1n) is 3.45. The maximum atomic E-state index is 4.07. The van der Waals surface area contributed by atoms with E-state index in [1.165, 1.54) is 0 Å². The quantitative estimate of drug-likeness (QED) is 0.323. The molecule has 0 aliphatic heterocycles. The summed E-state index contributed by atoms with van der Waals surface area (Å²) < 4.78 is 0. The summed E-state index contributed by atoms with van der Waals surface area (Å²) in [5.41, 5.74) is 2.85. The number of hydrogen-bond donors (Lipinski definition) is 2. The Balaban J connectivity index is 4.21. The third kappa shape index (κ3) is 2.71. The van der Waals surface area contributed by atoms with Crippen molar-refractivity contribution in [3.8, 4) is 0 Å². The fourth-order valence-corrected chi connectivity index (χ4v) is 0.710. The van der Waals surface area contributed by atoms with Crippen LogP contribution in [0.15, 0.2) is 5.10 Å². The van der Waals surface area contributed by atoms with E-state index in [9.17, 15) is 0 Å². The molecule has 0 aliphatic rings. The predicted octanol–water partition coefficient (Wildman–Crippen LogP) is 0.785. The molecule has 0 aliphatic carbocycles. The van der Waals surface area contributed by atoms with Gasteiger partial charge in [0.05, 0.1) is 0 Å². The predicted molar refractivity (Wildman–Crippen MR) is 45.0 cm³/mol. The standard InChI is InChI=1S/C7H17N3/c1-7(2,3)6(8-4)10-9-5/h9H,1-5H3,(H,8,10). The van der Waals surface area contributed by atoms with Crippen molar-refractivity contribution in [3.63, 3.8) is 0 Å². The van der Waals surface area contributed by atoms with Gasteiger partial charge in [-0.05, 0) is 0 Å². The second-order valence-electron chi connectivity index (χ2n) is 3.18. The Hall–Kier alpha value is -0.730. The molecule has 0 bridgehead atoms. The minimum absolute atomic E-state index is 0.0950. The van der Waals surface area contributed by atoms with E-state index in [-0.39, 0.29) is 5.41 Å². The topological polar surface area (TPSA) is 36.4 Å². The van der Waals surface area contributed by atoms with Crippen LogP contribution >= 0.6 is 0 Å². The maximum Gasteiger partial charge on any atom is 0.127 e. The highest BCUT2D eigenvalue weighted by Crippen LogP contribution is 2.13. The summed E-state index contributed by atoms with van der Waals surface area (Å²) in [4.78, 5) is 0. The van der Waals surface area contributed by atoms with Gasteiger partial charge in [-0.1, -0.05) is 20.8 Å². The Morgan fingerprint density at radius 1 is 1.20 bits per heavy atom. The molecule has 0 saturated heterocycles. The van der Waals surface area contributed by atoms with E-state index < -0.39 is 0 Å². The molecule has 0 unspecified atom stereocenters. The van der Waals surface area contributed by atoms with E-state index in [1.807, 2.05) is 7.05 Å². The third-order valence-corrected chi connectivity index (χ3v) is 1.17. The molecule has 0 aromatic rings. The van der Waals surface area contributed by atoms with E-state index in [4.69, 9.17) is 0 Å². The molecule has 60 valence electrons. The molecule has 0 heterocycles. The Morgan fingerprint density at radius 2 is 1.70 bits per heavy atom. The van der Waals surface area contributed by atoms with Crippen LogP contribution in [0.4, 0.5) is 0 Å². The summed E-state index contributed by atoms with van der Waals surface area (Å²) in [6.07, 6.45) is 0. The van der Waals surface area contributed by atoms with Crippen molar-refractivity contribution >= 4 is 5.84 Å². The number of hydrogen-bond acceptors (Lipinski definition) is 2. The van der Waals surface area contributed by atoms with Crippen molar-refractivity contribution < 1.29 is 0 Å². The smallest absolute Gasteiger partial charge is 0.127 e. The zero-order valence-corrected chi connectivity index (χ0v) is 7.45. The lowest BCUT2D eigenvalue weighted by atomic mass is 9.95. The largest absolute Gasteiger partial charge is 0.375 e. The first-order chi connectivity index (χ1) is 4.52. The highest BCUT2D eigenvalue weighted by atomic mass is 15.3. The van der Waals surface area contributed by atoms with Gasteiger partial charge in [-0.25, -0.2) is 0 Å². The zero-order valence-electron chi connectivity index (χ0n) is 7.45. The van der Waals surface area contributed by atoms with E-state index >= 15 is 0 Å². The van der Waals surface area contributed by atoms with Crippen molar-refractivity contribution in [1.82, 2.24) is 10.7 Å². The lowest BCUT2D eigenvalue weighted by molar-refractivity contribution is 0.563. The second-order valence-corrected chi connectivity index (χ2v) is 3.18. The molecular weight excluding hydrogens is 126 g/mol. The van der Waals surface area contributed by atoms with Gasteiger partial charge in [-0.2, -0.15) is 5.10 Å². The second kappa shape index (κ2) is 3.44. The van der Waals surface area contributed by atoms with Crippen LogP contribution in [-0.4, -0.2) is 19.9 Å². The summed E-state index contributed by atoms with van der Waals surface area (Å²) >= 11 is 0. The van der Waals surface area contributed by atoms with E-state index in [1.54, 1.807) is 7.05 Å². The van der Waals surface area contributed by atoms with Gasteiger partial charge in [0.25, 0.3) is 0 Å². The molecule has 10 heavy (non-hydrogen) atoms. The van der Waals surface area contributed by atoms with Gasteiger partial charge in [0.15, 0.2) is 0 Å². The van der Waals surface area contributed by atoms with Crippen LogP contribution in [0, 0.1) is 5.41 Å². The number of nitrogens with one attached hydrogen (secondary N) is 2. The molecule has 0 radical (unpaired) electrons. The number of nitrogens with zero attached hydrogens (tertiary/aromatic N) is 1. The van der Waals surface area contributed by atoms with Crippen molar-refractivity contribution in [1.29, 1.82) is 0 Å². The molecule has 0 fully saturated rings. The molecule has 3 nitrogen and oxygen atoms in total. The van der Waals surface area contributed by atoms with Crippen LogP contribution in [0.2, 0.25) is 0 Å². The SMILES string of the molecule is CN/N=C(\NC)C(C)(C)C. The average molecular weight is 143 g/mol. The van der Waals surface area contributed by atoms with Crippen molar-refractivity contribution in [2.75, 3.05) is 14.1 Å². The van der Waals surface area contributed by atoms with Gasteiger partial charge in [0, 0.05) is 19.5 Å². The zero-order chi connectivity index (χ0) is 8.20. The number of rotatable bonds is 1. The fourth-order valence-electron chi connectivity index (χ4n) is 0.710. The van der Waals surface area contributed by atoms with Crippen LogP contribution in [-0.2, 0) is 0 Å². The van der Waals surface area contributed by atoms with Gasteiger partial charge in [0.2, 0.25) is 0 Å². The minimum Gasteiger partial charge on any atom is -0.375 e. The van der Waals surface area contributed by atoms with E-state index in [0.29, 0.717) is 0 Å². The fraction of sp³-hybridized carbons (Fsp3) is 0.857. The highest BCUT2D eigenvalue weighted by Gasteiger charge is 2.16. The van der Waals surface area contributed by atoms with Crippen LogP contribution < -0.4 is 10.7 Å². The molecule has 0 aromatic carbocycles. The van der Waals surface area contributed by atoms with E-state index in [0.717, 1.165) is 5.84 Å². The van der Waals surface area contributed by atoms with Crippen LogP contribution in [0.25, 0.3) is 0 Å². The third-order valence-electron chi connectivity index (χ3n) is 1.17. The van der Waals surface area contributed by atoms with Gasteiger partial charge in [0.1, 0.15) is 5.84 Å². The number of amidine groups is 1. The molecular formula is C7H17N3. The molecule has 2 N–H and O–H groups in total. The Labute approximate surface area is 62.9 Å². The van der Waals surface area contributed by atoms with Crippen LogP contribution in [0.1, 0.15) is 20.8 Å². The Morgan fingerprint density at radius 3 is 1.80 bits per heavy atom. The van der Waals surface area contributed by atoms with Crippen molar-refractivity contribution in [3.05, 3.63) is 0 Å². The Kier molecular flexibility index (Phi) is 3.19. The number of hydrazone groups is 1. The first-order valence-corrected chi connectivity index (χ1v) is 3.45. The summed E-state index contributed by atoms with van der Waals surface area (Å²) in [5, 5.41) is 7.10. The maximum absolute atomic E-state index is 4.07. The van der Waals surface area contributed by atoms with Gasteiger partial charge in [-0.3, -0.25) is 0 Å². The molecule has 0 amide bonds. The van der Waals surface area contributed by atoms with Crippen molar-refractivity contribution in [2.24, 2.45) is 10.5 Å². The van der Waals surface area contributed by atoms with Gasteiger partial charge in [-0.15, -0.1) is 0 Å². The average Bonchev–Trinajstić information content (AvgIpc) is 1.80. The van der Waals surface area contributed by atoms with Crippen molar-refractivity contribution in [2.45, 2.75) is 20.8 Å². The summed E-state index contributed by atoms with van der Waals surface area (Å²) in [6, 6.07) is 0. The minimum atomic E-state index is 0.0950. The normalized spacial score (nSPS) is 13.1. The van der Waals surface area contributed by atoms with E-state index in [2.05, 4.69) is 36.6 Å². The van der Waals surface area contributed by atoms with Crippen LogP contribution in [0.3, 0.4) is 0 Å². The Bertz CT molecular complexity index is 121. The highest BCUT2D eigenvalue weighted by molar-refractivity contribution is 5.86. The lowest BCUT2D eigenvalue weighted by Crippen LogP contribution is -2.33. The monoisotopic (exact) mass is 143 g/mol. The molecule has 0 aromatic heterocycles. The first kappa shape index (κ1) is 9.27. The summed E-state index contributed by atoms with van der Waals surface area (Å²) in [5.74, 6) is 0.968. The molecule has 0 spiro atoms. The van der Waals surface area contributed by atoms with Gasteiger partial charge >= 0.3 is 0 Å². The lowest BCUT2D eigenvalue weighted by Gasteiger charge is -2.20. The molecule has 0 rings (SSSR count). The molecule has 3 heteroatoms. The molecule has 0 saturated carbocycles. The van der Waals surface area contributed by atoms with Crippen LogP contribution in [0.5, 0.6) is 0 Å². The molecule has 0 atom stereocenters. The summed E-state index contributed by atoms with van der Waals surface area (Å²) in [6.45, 7) is 6.33. The van der Waals surface area contributed by atoms with Gasteiger partial charge < -0.3 is 10.7 Å². The summed E-state index contributed by atoms with van der Waals surface area (Å²) in [7, 11) is 3.67.